The summed E-state index contributed by atoms with van der Waals surface area (Å²) < 4.78 is 5.57. The molecule has 1 rings (SSSR count). The third-order valence-corrected chi connectivity index (χ3v) is 3.22. The predicted molar refractivity (Wildman–Crippen MR) is 60.9 cm³/mol. The Kier molecular flexibility index (Phi) is 5.26. The van der Waals surface area contributed by atoms with Gasteiger partial charge in [0, 0.05) is 19.0 Å². The molecule has 15 heavy (non-hydrogen) atoms. The number of ketones is 1. The lowest BCUT2D eigenvalue weighted by Crippen LogP contribution is -2.45. The number of rotatable bonds is 5. The zero-order valence-corrected chi connectivity index (χ0v) is 10.2. The molecule has 1 aliphatic rings. The lowest BCUT2D eigenvalue weighted by atomic mass is 10.0. The Morgan fingerprint density at radius 3 is 2.87 bits per heavy atom. The summed E-state index contributed by atoms with van der Waals surface area (Å²) >= 11 is 0. The van der Waals surface area contributed by atoms with Crippen molar-refractivity contribution in [3.05, 3.63) is 0 Å². The third kappa shape index (κ3) is 3.92. The van der Waals surface area contributed by atoms with Crippen LogP contribution in [0.2, 0.25) is 0 Å². The number of ether oxygens (including phenoxy) is 1. The van der Waals surface area contributed by atoms with Crippen molar-refractivity contribution in [3.8, 4) is 0 Å². The Morgan fingerprint density at radius 2 is 2.27 bits per heavy atom. The molecule has 0 saturated carbocycles. The summed E-state index contributed by atoms with van der Waals surface area (Å²) in [5.74, 6) is 0.571. The van der Waals surface area contributed by atoms with Crippen LogP contribution in [0.1, 0.15) is 33.6 Å². The first-order chi connectivity index (χ1) is 7.17. The van der Waals surface area contributed by atoms with Gasteiger partial charge in [-0.15, -0.1) is 0 Å². The summed E-state index contributed by atoms with van der Waals surface area (Å²) in [6.07, 6.45) is 2.30. The molecule has 1 saturated heterocycles. The van der Waals surface area contributed by atoms with Crippen molar-refractivity contribution in [2.24, 2.45) is 5.92 Å². The van der Waals surface area contributed by atoms with Crippen LogP contribution in [-0.4, -0.2) is 43.0 Å². The minimum atomic E-state index is 0.202. The number of Topliss-reactive ketones (excluding diaryl/α,β-unsaturated/α-hetero) is 1. The SMILES string of the molecule is CCC1CN(CC(=O)C(C)CC)CCO1. The molecule has 0 aliphatic carbocycles. The van der Waals surface area contributed by atoms with Crippen molar-refractivity contribution in [1.82, 2.24) is 4.90 Å². The van der Waals surface area contributed by atoms with E-state index in [2.05, 4.69) is 18.7 Å². The summed E-state index contributed by atoms with van der Waals surface area (Å²) in [6, 6.07) is 0. The Hall–Kier alpha value is -0.410. The molecule has 0 N–H and O–H groups in total. The smallest absolute Gasteiger partial charge is 0.149 e. The summed E-state index contributed by atoms with van der Waals surface area (Å²) in [6.45, 7) is 9.40. The van der Waals surface area contributed by atoms with Gasteiger partial charge in [-0.25, -0.2) is 0 Å². The Bertz CT molecular complexity index is 206. The second kappa shape index (κ2) is 6.23. The summed E-state index contributed by atoms with van der Waals surface area (Å²) in [5, 5.41) is 0. The third-order valence-electron chi connectivity index (χ3n) is 3.22. The average molecular weight is 213 g/mol. The van der Waals surface area contributed by atoms with Gasteiger partial charge >= 0.3 is 0 Å². The van der Waals surface area contributed by atoms with Crippen molar-refractivity contribution in [3.63, 3.8) is 0 Å². The molecular formula is C12H23NO2. The Balaban J connectivity index is 2.34. The van der Waals surface area contributed by atoms with E-state index < -0.39 is 0 Å². The minimum Gasteiger partial charge on any atom is -0.376 e. The van der Waals surface area contributed by atoms with Gasteiger partial charge in [-0.05, 0) is 12.8 Å². The maximum Gasteiger partial charge on any atom is 0.149 e. The molecule has 0 spiro atoms. The van der Waals surface area contributed by atoms with Crippen LogP contribution in [0.25, 0.3) is 0 Å². The topological polar surface area (TPSA) is 29.5 Å². The highest BCUT2D eigenvalue weighted by molar-refractivity contribution is 5.82. The van der Waals surface area contributed by atoms with Crippen LogP contribution >= 0.6 is 0 Å². The molecule has 2 atom stereocenters. The van der Waals surface area contributed by atoms with Crippen LogP contribution in [0, 0.1) is 5.92 Å². The van der Waals surface area contributed by atoms with Crippen LogP contribution in [0.5, 0.6) is 0 Å². The van der Waals surface area contributed by atoms with E-state index in [9.17, 15) is 4.79 Å². The molecule has 0 bridgehead atoms. The molecule has 0 amide bonds. The Labute approximate surface area is 92.8 Å². The highest BCUT2D eigenvalue weighted by Gasteiger charge is 2.22. The second-order valence-corrected chi connectivity index (χ2v) is 4.41. The van der Waals surface area contributed by atoms with E-state index in [1.165, 1.54) is 0 Å². The lowest BCUT2D eigenvalue weighted by Gasteiger charge is -2.32. The number of hydrogen-bond donors (Lipinski definition) is 0. The van der Waals surface area contributed by atoms with Gasteiger partial charge in [0.05, 0.1) is 19.3 Å². The van der Waals surface area contributed by atoms with E-state index >= 15 is 0 Å². The van der Waals surface area contributed by atoms with Gasteiger partial charge in [-0.1, -0.05) is 20.8 Å². The van der Waals surface area contributed by atoms with E-state index in [4.69, 9.17) is 4.74 Å². The van der Waals surface area contributed by atoms with E-state index in [1.54, 1.807) is 0 Å². The van der Waals surface area contributed by atoms with E-state index in [0.717, 1.165) is 32.5 Å². The molecule has 0 aromatic rings. The van der Waals surface area contributed by atoms with Gasteiger partial charge in [-0.3, -0.25) is 9.69 Å². The number of hydrogen-bond acceptors (Lipinski definition) is 3. The van der Waals surface area contributed by atoms with E-state index in [0.29, 0.717) is 18.4 Å². The maximum absolute atomic E-state index is 11.8. The number of nitrogens with zero attached hydrogens (tertiary/aromatic N) is 1. The van der Waals surface area contributed by atoms with Crippen LogP contribution < -0.4 is 0 Å². The zero-order chi connectivity index (χ0) is 11.3. The fraction of sp³-hybridized carbons (Fsp3) is 0.917. The van der Waals surface area contributed by atoms with Crippen molar-refractivity contribution >= 4 is 5.78 Å². The van der Waals surface area contributed by atoms with Crippen LogP contribution in [0.15, 0.2) is 0 Å². The van der Waals surface area contributed by atoms with Crippen LogP contribution in [0.3, 0.4) is 0 Å². The molecule has 0 aromatic heterocycles. The van der Waals surface area contributed by atoms with Crippen molar-refractivity contribution < 1.29 is 9.53 Å². The minimum absolute atomic E-state index is 0.202. The van der Waals surface area contributed by atoms with Crippen molar-refractivity contribution in [2.45, 2.75) is 39.7 Å². The largest absolute Gasteiger partial charge is 0.376 e. The molecular weight excluding hydrogens is 190 g/mol. The molecule has 1 aliphatic heterocycles. The standard InChI is InChI=1S/C12H23NO2/c1-4-10(3)12(14)9-13-6-7-15-11(5-2)8-13/h10-11H,4-9H2,1-3H3. The highest BCUT2D eigenvalue weighted by Crippen LogP contribution is 2.10. The molecule has 2 unspecified atom stereocenters. The van der Waals surface area contributed by atoms with Crippen molar-refractivity contribution in [1.29, 1.82) is 0 Å². The number of morpholine rings is 1. The highest BCUT2D eigenvalue weighted by atomic mass is 16.5. The fourth-order valence-electron chi connectivity index (χ4n) is 1.77. The summed E-state index contributed by atoms with van der Waals surface area (Å²) in [7, 11) is 0. The first-order valence-electron chi connectivity index (χ1n) is 6.04. The molecule has 88 valence electrons. The Morgan fingerprint density at radius 1 is 1.53 bits per heavy atom. The monoisotopic (exact) mass is 213 g/mol. The van der Waals surface area contributed by atoms with Crippen LogP contribution in [-0.2, 0) is 9.53 Å². The molecule has 1 fully saturated rings. The van der Waals surface area contributed by atoms with Gasteiger partial charge in [-0.2, -0.15) is 0 Å². The first-order valence-corrected chi connectivity index (χ1v) is 6.04. The average Bonchev–Trinajstić information content (AvgIpc) is 2.28. The second-order valence-electron chi connectivity index (χ2n) is 4.41. The summed E-state index contributed by atoms with van der Waals surface area (Å²) in [5.41, 5.74) is 0. The van der Waals surface area contributed by atoms with Crippen molar-refractivity contribution in [2.75, 3.05) is 26.2 Å². The first kappa shape index (κ1) is 12.7. The fourth-order valence-corrected chi connectivity index (χ4v) is 1.77. The normalized spacial score (nSPS) is 25.1. The van der Waals surface area contributed by atoms with Gasteiger partial charge in [0.15, 0.2) is 0 Å². The maximum atomic E-state index is 11.8. The van der Waals surface area contributed by atoms with Gasteiger partial charge < -0.3 is 4.74 Å². The van der Waals surface area contributed by atoms with Gasteiger partial charge in [0.2, 0.25) is 0 Å². The molecule has 3 heteroatoms. The molecule has 0 aromatic carbocycles. The lowest BCUT2D eigenvalue weighted by molar-refractivity contribution is -0.125. The predicted octanol–water partition coefficient (Wildman–Crippen LogP) is 1.71. The molecule has 0 radical (unpaired) electrons. The molecule has 3 nitrogen and oxygen atoms in total. The zero-order valence-electron chi connectivity index (χ0n) is 10.2. The number of carbonyl (C=O) groups is 1. The number of carbonyl (C=O) groups excluding carboxylic acids is 1. The van der Waals surface area contributed by atoms with Crippen LogP contribution in [0.4, 0.5) is 0 Å². The van der Waals surface area contributed by atoms with Gasteiger partial charge in [0.25, 0.3) is 0 Å². The van der Waals surface area contributed by atoms with E-state index in [-0.39, 0.29) is 5.92 Å². The summed E-state index contributed by atoms with van der Waals surface area (Å²) in [4.78, 5) is 14.0. The van der Waals surface area contributed by atoms with E-state index in [1.807, 2.05) is 6.92 Å². The molecule has 1 heterocycles. The van der Waals surface area contributed by atoms with Gasteiger partial charge in [0.1, 0.15) is 5.78 Å². The quantitative estimate of drug-likeness (QED) is 0.696.